The highest BCUT2D eigenvalue weighted by molar-refractivity contribution is 6.08. The predicted octanol–water partition coefficient (Wildman–Crippen LogP) is 4.63. The van der Waals surface area contributed by atoms with E-state index in [0.717, 1.165) is 35.1 Å². The maximum atomic E-state index is 12.8. The van der Waals surface area contributed by atoms with Gasteiger partial charge in [-0.1, -0.05) is 31.5 Å². The monoisotopic (exact) mass is 267 g/mol. The van der Waals surface area contributed by atoms with Gasteiger partial charge in [0.25, 0.3) is 0 Å². The molecule has 2 heteroatoms. The van der Waals surface area contributed by atoms with Crippen molar-refractivity contribution in [2.24, 2.45) is 11.8 Å². The van der Waals surface area contributed by atoms with Crippen LogP contribution in [0.4, 0.5) is 0 Å². The molecule has 1 saturated carbocycles. The molecule has 0 spiro atoms. The van der Waals surface area contributed by atoms with Gasteiger partial charge in [0.1, 0.15) is 0 Å². The molecule has 0 N–H and O–H groups in total. The number of rotatable bonds is 3. The molecule has 1 aliphatic carbocycles. The van der Waals surface area contributed by atoms with Crippen LogP contribution in [0.5, 0.6) is 0 Å². The molecule has 1 heterocycles. The van der Waals surface area contributed by atoms with E-state index < -0.39 is 0 Å². The first-order chi connectivity index (χ1) is 9.79. The number of pyridine rings is 1. The fourth-order valence-electron chi connectivity index (χ4n) is 3.38. The summed E-state index contributed by atoms with van der Waals surface area (Å²) in [7, 11) is 0. The number of fused-ring (bicyclic) bond motifs is 1. The van der Waals surface area contributed by atoms with E-state index in [1.165, 1.54) is 19.3 Å². The van der Waals surface area contributed by atoms with Gasteiger partial charge in [-0.2, -0.15) is 0 Å². The molecule has 0 saturated heterocycles. The Morgan fingerprint density at radius 3 is 2.75 bits per heavy atom. The Labute approximate surface area is 120 Å². The maximum Gasteiger partial charge on any atom is 0.166 e. The van der Waals surface area contributed by atoms with E-state index >= 15 is 0 Å². The van der Waals surface area contributed by atoms with Crippen molar-refractivity contribution in [2.75, 3.05) is 0 Å². The number of hydrogen-bond acceptors (Lipinski definition) is 2. The lowest BCUT2D eigenvalue weighted by Crippen LogP contribution is -2.22. The van der Waals surface area contributed by atoms with E-state index in [1.54, 1.807) is 6.20 Å². The van der Waals surface area contributed by atoms with Crippen LogP contribution >= 0.6 is 0 Å². The molecule has 20 heavy (non-hydrogen) atoms. The van der Waals surface area contributed by atoms with Gasteiger partial charge in [0.15, 0.2) is 5.78 Å². The third-order valence-corrected chi connectivity index (χ3v) is 4.74. The van der Waals surface area contributed by atoms with Crippen LogP contribution in [-0.4, -0.2) is 10.8 Å². The SMILES string of the molecule is CCC1CCC(C(=O)c2cccc3ccncc23)CC1. The summed E-state index contributed by atoms with van der Waals surface area (Å²) < 4.78 is 0. The van der Waals surface area contributed by atoms with E-state index in [2.05, 4.69) is 11.9 Å². The van der Waals surface area contributed by atoms with Crippen molar-refractivity contribution in [3.05, 3.63) is 42.2 Å². The van der Waals surface area contributed by atoms with E-state index in [4.69, 9.17) is 0 Å². The number of benzene rings is 1. The Hall–Kier alpha value is -1.70. The van der Waals surface area contributed by atoms with Crippen molar-refractivity contribution in [2.45, 2.75) is 39.0 Å². The van der Waals surface area contributed by atoms with E-state index in [-0.39, 0.29) is 5.92 Å². The molecule has 1 aromatic carbocycles. The van der Waals surface area contributed by atoms with Crippen LogP contribution in [0.2, 0.25) is 0 Å². The minimum absolute atomic E-state index is 0.212. The van der Waals surface area contributed by atoms with Gasteiger partial charge in [0.2, 0.25) is 0 Å². The van der Waals surface area contributed by atoms with Gasteiger partial charge in [-0.25, -0.2) is 0 Å². The number of ketones is 1. The molecule has 0 unspecified atom stereocenters. The predicted molar refractivity (Wildman–Crippen MR) is 81.8 cm³/mol. The van der Waals surface area contributed by atoms with Crippen molar-refractivity contribution >= 4 is 16.6 Å². The van der Waals surface area contributed by atoms with Crippen LogP contribution in [0, 0.1) is 11.8 Å². The average Bonchev–Trinajstić information content (AvgIpc) is 2.54. The molecule has 0 aliphatic heterocycles. The van der Waals surface area contributed by atoms with Crippen molar-refractivity contribution < 1.29 is 4.79 Å². The fourth-order valence-corrected chi connectivity index (χ4v) is 3.38. The highest BCUT2D eigenvalue weighted by atomic mass is 16.1. The minimum Gasteiger partial charge on any atom is -0.294 e. The second-order valence-corrected chi connectivity index (χ2v) is 5.89. The topological polar surface area (TPSA) is 30.0 Å². The Kier molecular flexibility index (Phi) is 3.81. The van der Waals surface area contributed by atoms with Gasteiger partial charge in [-0.3, -0.25) is 9.78 Å². The summed E-state index contributed by atoms with van der Waals surface area (Å²) in [6, 6.07) is 7.95. The zero-order chi connectivity index (χ0) is 13.9. The zero-order valence-electron chi connectivity index (χ0n) is 12.0. The van der Waals surface area contributed by atoms with E-state index in [9.17, 15) is 4.79 Å². The fraction of sp³-hybridized carbons (Fsp3) is 0.444. The summed E-state index contributed by atoms with van der Waals surface area (Å²) >= 11 is 0. The van der Waals surface area contributed by atoms with Gasteiger partial charge < -0.3 is 0 Å². The molecule has 1 aliphatic rings. The Morgan fingerprint density at radius 2 is 2.00 bits per heavy atom. The number of carbonyl (C=O) groups excluding carboxylic acids is 1. The number of nitrogens with zero attached hydrogens (tertiary/aromatic N) is 1. The highest BCUT2D eigenvalue weighted by Crippen LogP contribution is 2.33. The van der Waals surface area contributed by atoms with Crippen molar-refractivity contribution in [3.8, 4) is 0 Å². The minimum atomic E-state index is 0.212. The van der Waals surface area contributed by atoms with Crippen molar-refractivity contribution in [1.82, 2.24) is 4.98 Å². The molecular weight excluding hydrogens is 246 g/mol. The van der Waals surface area contributed by atoms with Crippen LogP contribution in [-0.2, 0) is 0 Å². The van der Waals surface area contributed by atoms with E-state index in [1.807, 2.05) is 30.5 Å². The van der Waals surface area contributed by atoms with Crippen LogP contribution in [0.15, 0.2) is 36.7 Å². The molecule has 3 rings (SSSR count). The third-order valence-electron chi connectivity index (χ3n) is 4.74. The van der Waals surface area contributed by atoms with Gasteiger partial charge in [-0.15, -0.1) is 0 Å². The van der Waals surface area contributed by atoms with Gasteiger partial charge in [0, 0.05) is 29.3 Å². The van der Waals surface area contributed by atoms with Crippen molar-refractivity contribution in [1.29, 1.82) is 0 Å². The second kappa shape index (κ2) is 5.74. The first-order valence-electron chi connectivity index (χ1n) is 7.66. The summed E-state index contributed by atoms with van der Waals surface area (Å²) in [5.74, 6) is 1.36. The standard InChI is InChI=1S/C18H21NO/c1-2-13-6-8-15(9-7-13)18(20)16-5-3-4-14-10-11-19-12-17(14)16/h3-5,10-13,15H,2,6-9H2,1H3. The largest absolute Gasteiger partial charge is 0.294 e. The molecule has 0 atom stereocenters. The molecule has 0 radical (unpaired) electrons. The normalized spacial score (nSPS) is 22.9. The second-order valence-electron chi connectivity index (χ2n) is 5.89. The zero-order valence-corrected chi connectivity index (χ0v) is 12.0. The lowest BCUT2D eigenvalue weighted by Gasteiger charge is -2.27. The summed E-state index contributed by atoms with van der Waals surface area (Å²) in [4.78, 5) is 17.0. The molecule has 1 fully saturated rings. The number of aromatic nitrogens is 1. The lowest BCUT2D eigenvalue weighted by atomic mass is 9.77. The summed E-state index contributed by atoms with van der Waals surface area (Å²) in [5.41, 5.74) is 0.857. The number of hydrogen-bond donors (Lipinski definition) is 0. The lowest BCUT2D eigenvalue weighted by molar-refractivity contribution is 0.0873. The highest BCUT2D eigenvalue weighted by Gasteiger charge is 2.27. The van der Waals surface area contributed by atoms with E-state index in [0.29, 0.717) is 5.78 Å². The van der Waals surface area contributed by atoms with Gasteiger partial charge in [-0.05, 0) is 43.1 Å². The smallest absolute Gasteiger partial charge is 0.166 e. The Morgan fingerprint density at radius 1 is 1.20 bits per heavy atom. The van der Waals surface area contributed by atoms with Gasteiger partial charge in [0.05, 0.1) is 0 Å². The summed E-state index contributed by atoms with van der Waals surface area (Å²) in [6.07, 6.45) is 9.36. The van der Waals surface area contributed by atoms with Crippen LogP contribution in [0.25, 0.3) is 10.8 Å². The number of Topliss-reactive ketones (excluding diaryl/α,β-unsaturated/α-hetero) is 1. The molecule has 104 valence electrons. The molecular formula is C18H21NO. The third kappa shape index (κ3) is 2.47. The molecule has 1 aromatic heterocycles. The summed E-state index contributed by atoms with van der Waals surface area (Å²) in [5, 5.41) is 2.10. The average molecular weight is 267 g/mol. The maximum absolute atomic E-state index is 12.8. The van der Waals surface area contributed by atoms with Gasteiger partial charge >= 0.3 is 0 Å². The Balaban J connectivity index is 1.86. The molecule has 2 aromatic rings. The molecule has 2 nitrogen and oxygen atoms in total. The molecule has 0 amide bonds. The van der Waals surface area contributed by atoms with Crippen molar-refractivity contribution in [3.63, 3.8) is 0 Å². The van der Waals surface area contributed by atoms with Crippen LogP contribution in [0.3, 0.4) is 0 Å². The quantitative estimate of drug-likeness (QED) is 0.759. The molecule has 0 bridgehead atoms. The van der Waals surface area contributed by atoms with Crippen LogP contribution in [0.1, 0.15) is 49.4 Å². The summed E-state index contributed by atoms with van der Waals surface area (Å²) in [6.45, 7) is 2.25. The Bertz CT molecular complexity index is 606. The van der Waals surface area contributed by atoms with Crippen LogP contribution < -0.4 is 0 Å². The first-order valence-corrected chi connectivity index (χ1v) is 7.66. The first kappa shape index (κ1) is 13.3. The number of carbonyl (C=O) groups is 1.